The van der Waals surface area contributed by atoms with Crippen LogP contribution < -0.4 is 0 Å². The van der Waals surface area contributed by atoms with Crippen LogP contribution in [-0.4, -0.2) is 36.2 Å². The number of hydrogen-bond acceptors (Lipinski definition) is 2. The van der Waals surface area contributed by atoms with Gasteiger partial charge in [0.2, 0.25) is 0 Å². The summed E-state index contributed by atoms with van der Waals surface area (Å²) in [6.45, 7) is 6.41. The number of aliphatic hydroxyl groups is 1. The molecule has 2 unspecified atom stereocenters. The second-order valence-electron chi connectivity index (χ2n) is 9.20. The van der Waals surface area contributed by atoms with Gasteiger partial charge in [0.15, 0.2) is 0 Å². The maximum absolute atomic E-state index is 10.1. The van der Waals surface area contributed by atoms with E-state index in [1.165, 1.54) is 83.7 Å². The van der Waals surface area contributed by atoms with Gasteiger partial charge in [-0.05, 0) is 68.2 Å². The van der Waals surface area contributed by atoms with Gasteiger partial charge in [-0.1, -0.05) is 57.6 Å². The van der Waals surface area contributed by atoms with Crippen LogP contribution >= 0.6 is 0 Å². The number of nitrogens with zero attached hydrogens (tertiary/aromatic N) is 1. The molecule has 3 aliphatic rings. The van der Waals surface area contributed by atoms with Crippen LogP contribution in [0.4, 0.5) is 0 Å². The molecule has 4 atom stereocenters. The number of aliphatic hydroxyl groups excluding tert-OH is 1. The molecule has 1 saturated heterocycles. The molecule has 25 heavy (non-hydrogen) atoms. The standard InChI is InChI=1S/C23H41NO/c1-2-19-11-8-12-21(15-19)23-13-14-24(17-22(23)18-25)16-20-9-6-4-3-5-7-10-20/h8,12,19-23,25H,2-7,9-11,13-18H2,1H3/t19?,21?,22-,23-/m1/s1. The van der Waals surface area contributed by atoms with Gasteiger partial charge in [0.05, 0.1) is 0 Å². The number of likely N-dealkylation sites (tertiary alicyclic amines) is 1. The Kier molecular flexibility index (Phi) is 7.86. The molecule has 144 valence electrons. The van der Waals surface area contributed by atoms with Gasteiger partial charge in [0.25, 0.3) is 0 Å². The summed E-state index contributed by atoms with van der Waals surface area (Å²) in [7, 11) is 0. The fourth-order valence-corrected chi connectivity index (χ4v) is 5.79. The second-order valence-corrected chi connectivity index (χ2v) is 9.20. The summed E-state index contributed by atoms with van der Waals surface area (Å²) in [4.78, 5) is 2.70. The molecule has 0 bridgehead atoms. The highest BCUT2D eigenvalue weighted by Crippen LogP contribution is 2.38. The largest absolute Gasteiger partial charge is 0.396 e. The zero-order valence-electron chi connectivity index (χ0n) is 16.5. The monoisotopic (exact) mass is 347 g/mol. The number of rotatable bonds is 5. The van der Waals surface area contributed by atoms with Crippen LogP contribution in [0.3, 0.4) is 0 Å². The van der Waals surface area contributed by atoms with Crippen molar-refractivity contribution in [2.45, 2.75) is 77.6 Å². The molecule has 2 nitrogen and oxygen atoms in total. The minimum atomic E-state index is 0.382. The Morgan fingerprint density at radius 3 is 2.48 bits per heavy atom. The summed E-state index contributed by atoms with van der Waals surface area (Å²) in [5.41, 5.74) is 0. The fraction of sp³-hybridized carbons (Fsp3) is 0.913. The molecule has 2 aliphatic carbocycles. The maximum atomic E-state index is 10.1. The number of allylic oxidation sites excluding steroid dienone is 2. The van der Waals surface area contributed by atoms with Crippen molar-refractivity contribution in [2.75, 3.05) is 26.2 Å². The first-order valence-corrected chi connectivity index (χ1v) is 11.3. The van der Waals surface area contributed by atoms with Crippen LogP contribution in [0, 0.1) is 29.6 Å². The minimum Gasteiger partial charge on any atom is -0.396 e. The Morgan fingerprint density at radius 2 is 1.76 bits per heavy atom. The van der Waals surface area contributed by atoms with Gasteiger partial charge >= 0.3 is 0 Å². The molecule has 1 aliphatic heterocycles. The van der Waals surface area contributed by atoms with Gasteiger partial charge < -0.3 is 10.0 Å². The van der Waals surface area contributed by atoms with Crippen molar-refractivity contribution in [2.24, 2.45) is 29.6 Å². The maximum Gasteiger partial charge on any atom is 0.0474 e. The molecule has 0 amide bonds. The summed E-state index contributed by atoms with van der Waals surface area (Å²) in [5, 5.41) is 10.1. The smallest absolute Gasteiger partial charge is 0.0474 e. The molecule has 0 aromatic heterocycles. The highest BCUT2D eigenvalue weighted by atomic mass is 16.3. The average Bonchev–Trinajstić information content (AvgIpc) is 2.63. The molecule has 0 aromatic carbocycles. The van der Waals surface area contributed by atoms with E-state index in [0.717, 1.165) is 24.3 Å². The van der Waals surface area contributed by atoms with Crippen LogP contribution in [0.2, 0.25) is 0 Å². The lowest BCUT2D eigenvalue weighted by Crippen LogP contribution is -2.46. The SMILES string of the molecule is CCC1CC=CC([C@H]2CCN(CC3CCCCCCC3)C[C@@H]2CO)C1. The summed E-state index contributed by atoms with van der Waals surface area (Å²) in [6, 6.07) is 0. The van der Waals surface area contributed by atoms with Crippen LogP contribution in [0.5, 0.6) is 0 Å². The van der Waals surface area contributed by atoms with E-state index in [0.29, 0.717) is 18.4 Å². The molecule has 2 fully saturated rings. The normalized spacial score (nSPS) is 36.1. The molecule has 1 heterocycles. The third kappa shape index (κ3) is 5.57. The quantitative estimate of drug-likeness (QED) is 0.685. The van der Waals surface area contributed by atoms with E-state index < -0.39 is 0 Å². The van der Waals surface area contributed by atoms with Crippen molar-refractivity contribution in [1.82, 2.24) is 4.90 Å². The van der Waals surface area contributed by atoms with Crippen LogP contribution in [0.25, 0.3) is 0 Å². The molecule has 1 saturated carbocycles. The highest BCUT2D eigenvalue weighted by molar-refractivity contribution is 5.01. The van der Waals surface area contributed by atoms with Crippen molar-refractivity contribution in [1.29, 1.82) is 0 Å². The summed E-state index contributed by atoms with van der Waals surface area (Å²) >= 11 is 0. The van der Waals surface area contributed by atoms with Crippen LogP contribution in [0.1, 0.15) is 77.6 Å². The lowest BCUT2D eigenvalue weighted by atomic mass is 9.70. The Balaban J connectivity index is 1.52. The summed E-state index contributed by atoms with van der Waals surface area (Å²) in [5.74, 6) is 3.72. The van der Waals surface area contributed by atoms with E-state index in [1.54, 1.807) is 0 Å². The van der Waals surface area contributed by atoms with Crippen molar-refractivity contribution in [3.8, 4) is 0 Å². The average molecular weight is 348 g/mol. The van der Waals surface area contributed by atoms with Gasteiger partial charge in [0, 0.05) is 19.7 Å². The lowest BCUT2D eigenvalue weighted by molar-refractivity contribution is 0.0372. The molecule has 0 aromatic rings. The van der Waals surface area contributed by atoms with Crippen molar-refractivity contribution >= 4 is 0 Å². The Bertz CT molecular complexity index is 399. The van der Waals surface area contributed by atoms with Gasteiger partial charge in [-0.25, -0.2) is 0 Å². The molecule has 0 radical (unpaired) electrons. The van der Waals surface area contributed by atoms with Crippen molar-refractivity contribution in [3.63, 3.8) is 0 Å². The molecular formula is C23H41NO. The van der Waals surface area contributed by atoms with Gasteiger partial charge in [0.1, 0.15) is 0 Å². The topological polar surface area (TPSA) is 23.5 Å². The first-order valence-electron chi connectivity index (χ1n) is 11.3. The van der Waals surface area contributed by atoms with Gasteiger partial charge in [-0.15, -0.1) is 0 Å². The van der Waals surface area contributed by atoms with Gasteiger partial charge in [-0.2, -0.15) is 0 Å². The van der Waals surface area contributed by atoms with Crippen molar-refractivity contribution < 1.29 is 5.11 Å². The molecule has 1 N–H and O–H groups in total. The van der Waals surface area contributed by atoms with Gasteiger partial charge in [-0.3, -0.25) is 0 Å². The first kappa shape index (κ1) is 19.4. The third-order valence-electron chi connectivity index (χ3n) is 7.44. The molecule has 3 rings (SSSR count). The summed E-state index contributed by atoms with van der Waals surface area (Å²) < 4.78 is 0. The molecule has 2 heteroatoms. The fourth-order valence-electron chi connectivity index (χ4n) is 5.79. The van der Waals surface area contributed by atoms with Crippen LogP contribution in [-0.2, 0) is 0 Å². The molecule has 0 spiro atoms. The molecular weight excluding hydrogens is 306 g/mol. The minimum absolute atomic E-state index is 0.382. The highest BCUT2D eigenvalue weighted by Gasteiger charge is 2.35. The third-order valence-corrected chi connectivity index (χ3v) is 7.44. The Labute approximate surface area is 156 Å². The number of piperidine rings is 1. The summed E-state index contributed by atoms with van der Waals surface area (Å²) in [6.07, 6.45) is 20.3. The van der Waals surface area contributed by atoms with Crippen molar-refractivity contribution in [3.05, 3.63) is 12.2 Å². The lowest BCUT2D eigenvalue weighted by Gasteiger charge is -2.43. The predicted octanol–water partition coefficient (Wildman–Crippen LogP) is 5.27. The van der Waals surface area contributed by atoms with E-state index in [4.69, 9.17) is 0 Å². The van der Waals surface area contributed by atoms with E-state index in [-0.39, 0.29) is 0 Å². The second kappa shape index (κ2) is 10.1. The van der Waals surface area contributed by atoms with E-state index in [9.17, 15) is 5.11 Å². The Hall–Kier alpha value is -0.340. The zero-order chi connectivity index (χ0) is 17.5. The van der Waals surface area contributed by atoms with E-state index in [1.807, 2.05) is 0 Å². The van der Waals surface area contributed by atoms with E-state index in [2.05, 4.69) is 24.0 Å². The number of hydrogen-bond donors (Lipinski definition) is 1. The van der Waals surface area contributed by atoms with E-state index >= 15 is 0 Å². The zero-order valence-corrected chi connectivity index (χ0v) is 16.5. The first-order chi connectivity index (χ1) is 12.3. The predicted molar refractivity (Wildman–Crippen MR) is 107 cm³/mol. The Morgan fingerprint density at radius 1 is 1.00 bits per heavy atom. The van der Waals surface area contributed by atoms with Crippen LogP contribution in [0.15, 0.2) is 12.2 Å².